The Kier molecular flexibility index (Phi) is 6.36. The van der Waals surface area contributed by atoms with Crippen molar-refractivity contribution in [3.05, 3.63) is 69.6 Å². The summed E-state index contributed by atoms with van der Waals surface area (Å²) in [6, 6.07) is 7.50. The minimum Gasteiger partial charge on any atom is -0.497 e. The second-order valence-corrected chi connectivity index (χ2v) is 4.99. The Morgan fingerprint density at radius 1 is 1.29 bits per heavy atom. The molecule has 8 heteroatoms. The van der Waals surface area contributed by atoms with Gasteiger partial charge in [0.25, 0.3) is 0 Å². The van der Waals surface area contributed by atoms with Crippen LogP contribution >= 0.6 is 0 Å². The van der Waals surface area contributed by atoms with Crippen molar-refractivity contribution in [3.63, 3.8) is 0 Å². The Balaban J connectivity index is 0.00000208. The van der Waals surface area contributed by atoms with Crippen LogP contribution in [-0.2, 0) is 13.1 Å². The third-order valence-electron chi connectivity index (χ3n) is 3.52. The Bertz CT molecular complexity index is 970. The predicted octanol–water partition coefficient (Wildman–Crippen LogP) is -2.24. The quantitative estimate of drug-likeness (QED) is 0.384. The van der Waals surface area contributed by atoms with E-state index in [1.165, 1.54) is 12.4 Å². The van der Waals surface area contributed by atoms with Crippen LogP contribution in [0.1, 0.15) is 5.56 Å². The Morgan fingerprint density at radius 2 is 2.00 bits per heavy atom. The summed E-state index contributed by atoms with van der Waals surface area (Å²) < 4.78 is 7.85. The predicted molar refractivity (Wildman–Crippen MR) is 85.9 cm³/mol. The van der Waals surface area contributed by atoms with Gasteiger partial charge in [-0.15, -0.1) is 6.58 Å². The van der Waals surface area contributed by atoms with Crippen molar-refractivity contribution in [3.8, 4) is 5.75 Å². The number of imidazole rings is 1. The first-order valence-corrected chi connectivity index (χ1v) is 7.00. The summed E-state index contributed by atoms with van der Waals surface area (Å²) in [5.41, 5.74) is 0.421. The molecule has 0 aliphatic heterocycles. The van der Waals surface area contributed by atoms with E-state index in [2.05, 4.69) is 16.5 Å². The van der Waals surface area contributed by atoms with Crippen LogP contribution in [-0.4, -0.2) is 21.2 Å². The minimum absolute atomic E-state index is 0. The number of hydrogen-bond acceptors (Lipinski definition) is 4. The maximum atomic E-state index is 12.5. The maximum absolute atomic E-state index is 12.5. The van der Waals surface area contributed by atoms with Gasteiger partial charge in [-0.05, 0) is 17.7 Å². The number of allylic oxidation sites excluding steroid dienone is 1. The molecule has 0 aliphatic rings. The summed E-state index contributed by atoms with van der Waals surface area (Å²) in [7, 11) is 1.60. The molecule has 3 rings (SSSR count). The maximum Gasteiger partial charge on any atom is 1.00 e. The monoisotopic (exact) mass is 350 g/mol. The normalized spacial score (nSPS) is 10.4. The molecule has 3 aromatic rings. The fourth-order valence-corrected chi connectivity index (χ4v) is 2.38. The summed E-state index contributed by atoms with van der Waals surface area (Å²) in [5.74, 6) is 0.759. The molecule has 0 radical (unpaired) electrons. The largest absolute Gasteiger partial charge is 1.00 e. The standard InChI is InChI=1S/C16H16N4O3.K/c1-3-8-20-15(21)13-14(18-16(20)22)17-10-19(13)9-11-4-6-12(23-2)7-5-11;/h3-7,10H,1,8-9H2,2H3,(H,18,21,22);/q;+1/p-1. The van der Waals surface area contributed by atoms with Crippen molar-refractivity contribution >= 4 is 11.2 Å². The van der Waals surface area contributed by atoms with Gasteiger partial charge in [0.05, 0.1) is 7.11 Å². The number of fused-ring (bicyclic) bond motifs is 1. The van der Waals surface area contributed by atoms with Crippen molar-refractivity contribution in [1.82, 2.24) is 19.1 Å². The van der Waals surface area contributed by atoms with E-state index >= 15 is 0 Å². The van der Waals surface area contributed by atoms with Gasteiger partial charge in [-0.2, -0.15) is 0 Å². The van der Waals surface area contributed by atoms with Crippen LogP contribution in [0.2, 0.25) is 0 Å². The van der Waals surface area contributed by atoms with Gasteiger partial charge in [0.15, 0.2) is 0 Å². The molecule has 24 heavy (non-hydrogen) atoms. The van der Waals surface area contributed by atoms with Crippen molar-refractivity contribution in [2.75, 3.05) is 7.11 Å². The van der Waals surface area contributed by atoms with Gasteiger partial charge in [0.2, 0.25) is 11.2 Å². The number of ether oxygens (including phenoxy) is 1. The van der Waals surface area contributed by atoms with Gasteiger partial charge in [-0.25, -0.2) is 0 Å². The Hall–Kier alpha value is -1.45. The first-order valence-electron chi connectivity index (χ1n) is 7.00. The van der Waals surface area contributed by atoms with E-state index in [0.717, 1.165) is 15.9 Å². The summed E-state index contributed by atoms with van der Waals surface area (Å²) in [6.07, 6.45) is 3.00. The van der Waals surface area contributed by atoms with E-state index in [4.69, 9.17) is 4.74 Å². The van der Waals surface area contributed by atoms with Gasteiger partial charge in [0, 0.05) is 25.1 Å². The molecule has 1 aromatic carbocycles. The molecular formula is C16H15KN4O3. The van der Waals surface area contributed by atoms with Gasteiger partial charge in [-0.3, -0.25) is 9.59 Å². The van der Waals surface area contributed by atoms with E-state index in [1.54, 1.807) is 11.7 Å². The molecule has 7 nitrogen and oxygen atoms in total. The SMILES string of the molecule is C=CCn1c(=O)[n-]c2ncn(Cc3ccc(OC)cc3)c2c1=O.[K+]. The van der Waals surface area contributed by atoms with Crippen molar-refractivity contribution < 1.29 is 56.1 Å². The van der Waals surface area contributed by atoms with E-state index in [9.17, 15) is 9.59 Å². The number of benzene rings is 1. The molecule has 0 spiro atoms. The molecule has 118 valence electrons. The summed E-state index contributed by atoms with van der Waals surface area (Å²) in [6.45, 7) is 4.12. The van der Waals surface area contributed by atoms with Gasteiger partial charge in [-0.1, -0.05) is 18.2 Å². The van der Waals surface area contributed by atoms with E-state index < -0.39 is 11.2 Å². The molecule has 0 saturated heterocycles. The van der Waals surface area contributed by atoms with Crippen LogP contribution in [0.25, 0.3) is 11.2 Å². The smallest absolute Gasteiger partial charge is 0.497 e. The third-order valence-corrected chi connectivity index (χ3v) is 3.52. The Labute approximate surface area is 180 Å². The fraction of sp³-hybridized carbons (Fsp3) is 0.188. The van der Waals surface area contributed by atoms with Crippen LogP contribution in [0, 0.1) is 0 Å². The molecule has 0 aliphatic carbocycles. The Morgan fingerprint density at radius 3 is 2.62 bits per heavy atom. The average molecular weight is 350 g/mol. The van der Waals surface area contributed by atoms with Crippen LogP contribution in [0.15, 0.2) is 52.8 Å². The van der Waals surface area contributed by atoms with Crippen LogP contribution in [0.4, 0.5) is 0 Å². The number of nitrogens with zero attached hydrogens (tertiary/aromatic N) is 4. The molecule has 0 amide bonds. The van der Waals surface area contributed by atoms with Crippen LogP contribution in [0.3, 0.4) is 0 Å². The molecule has 2 aromatic heterocycles. The molecule has 0 unspecified atom stereocenters. The summed E-state index contributed by atoms with van der Waals surface area (Å²) >= 11 is 0. The van der Waals surface area contributed by atoms with Gasteiger partial charge < -0.3 is 23.8 Å². The molecule has 2 heterocycles. The zero-order valence-electron chi connectivity index (χ0n) is 13.6. The topological polar surface area (TPSA) is 80.2 Å². The summed E-state index contributed by atoms with van der Waals surface area (Å²) in [5, 5.41) is 0. The zero-order chi connectivity index (χ0) is 16.4. The van der Waals surface area contributed by atoms with Gasteiger partial charge in [0.1, 0.15) is 11.3 Å². The van der Waals surface area contributed by atoms with Gasteiger partial charge >= 0.3 is 51.4 Å². The molecule has 0 bridgehead atoms. The van der Waals surface area contributed by atoms with Crippen molar-refractivity contribution in [2.24, 2.45) is 0 Å². The molecule has 0 fully saturated rings. The number of methoxy groups -OCH3 is 1. The van der Waals surface area contributed by atoms with Crippen LogP contribution in [0.5, 0.6) is 5.75 Å². The number of hydrogen-bond donors (Lipinski definition) is 0. The summed E-state index contributed by atoms with van der Waals surface area (Å²) in [4.78, 5) is 32.2. The number of rotatable bonds is 5. The van der Waals surface area contributed by atoms with E-state index in [0.29, 0.717) is 12.1 Å². The third kappa shape index (κ3) is 3.62. The molecule has 0 saturated carbocycles. The first kappa shape index (κ1) is 18.9. The first-order chi connectivity index (χ1) is 11.1. The molecular weight excluding hydrogens is 335 g/mol. The average Bonchev–Trinajstić information content (AvgIpc) is 2.95. The molecule has 0 atom stereocenters. The second-order valence-electron chi connectivity index (χ2n) is 4.99. The van der Waals surface area contributed by atoms with E-state index in [1.807, 2.05) is 24.3 Å². The fourth-order valence-electron chi connectivity index (χ4n) is 2.38. The van der Waals surface area contributed by atoms with Crippen molar-refractivity contribution in [2.45, 2.75) is 13.1 Å². The van der Waals surface area contributed by atoms with Crippen LogP contribution < -0.4 is 72.4 Å². The zero-order valence-corrected chi connectivity index (χ0v) is 16.7. The number of aromatic nitrogens is 4. The minimum atomic E-state index is -0.614. The van der Waals surface area contributed by atoms with Crippen molar-refractivity contribution in [1.29, 1.82) is 0 Å². The molecule has 0 N–H and O–H groups in total. The second kappa shape index (κ2) is 8.08. The van der Waals surface area contributed by atoms with E-state index in [-0.39, 0.29) is 63.6 Å².